The SMILES string of the molecule is CCN(CC)C(=O)[C@@H]1CC2c3cccc4[nH]cc(c34)C[C@H]2N(C)C1. The number of carbonyl (C=O) groups is 1. The lowest BCUT2D eigenvalue weighted by Gasteiger charge is -2.45. The average Bonchev–Trinajstić information content (AvgIpc) is 3.01. The van der Waals surface area contributed by atoms with E-state index in [4.69, 9.17) is 0 Å². The highest BCUT2D eigenvalue weighted by atomic mass is 16.2. The maximum Gasteiger partial charge on any atom is 0.226 e. The summed E-state index contributed by atoms with van der Waals surface area (Å²) in [5.41, 5.74) is 4.10. The van der Waals surface area contributed by atoms with E-state index in [1.54, 1.807) is 0 Å². The van der Waals surface area contributed by atoms with Crippen molar-refractivity contribution in [1.29, 1.82) is 0 Å². The van der Waals surface area contributed by atoms with Gasteiger partial charge in [0.2, 0.25) is 5.91 Å². The number of likely N-dealkylation sites (N-methyl/N-ethyl adjacent to an activating group) is 1. The quantitative estimate of drug-likeness (QED) is 0.942. The molecule has 2 aliphatic rings. The zero-order valence-corrected chi connectivity index (χ0v) is 14.9. The van der Waals surface area contributed by atoms with Crippen molar-refractivity contribution in [3.63, 3.8) is 0 Å². The minimum atomic E-state index is 0.117. The molecule has 0 bridgehead atoms. The molecule has 4 heteroatoms. The van der Waals surface area contributed by atoms with Crippen molar-refractivity contribution in [2.75, 3.05) is 26.7 Å². The summed E-state index contributed by atoms with van der Waals surface area (Å²) in [6.45, 7) is 6.64. The van der Waals surface area contributed by atoms with Gasteiger partial charge in [-0.3, -0.25) is 4.79 Å². The first-order valence-corrected chi connectivity index (χ1v) is 9.21. The van der Waals surface area contributed by atoms with Crippen molar-refractivity contribution in [3.8, 4) is 0 Å². The number of hydrogen-bond donors (Lipinski definition) is 1. The molecule has 3 atom stereocenters. The molecule has 2 aromatic rings. The van der Waals surface area contributed by atoms with Crippen LogP contribution in [0.15, 0.2) is 24.4 Å². The summed E-state index contributed by atoms with van der Waals surface area (Å²) in [4.78, 5) is 20.7. The summed E-state index contributed by atoms with van der Waals surface area (Å²) < 4.78 is 0. The predicted molar refractivity (Wildman–Crippen MR) is 97.2 cm³/mol. The highest BCUT2D eigenvalue weighted by Gasteiger charge is 2.41. The molecule has 1 aliphatic carbocycles. The molecule has 1 unspecified atom stereocenters. The number of rotatable bonds is 3. The topological polar surface area (TPSA) is 39.3 Å². The van der Waals surface area contributed by atoms with E-state index in [1.165, 1.54) is 22.0 Å². The lowest BCUT2D eigenvalue weighted by molar-refractivity contribution is -0.137. The monoisotopic (exact) mass is 325 g/mol. The zero-order chi connectivity index (χ0) is 16.8. The first-order chi connectivity index (χ1) is 11.6. The van der Waals surface area contributed by atoms with Crippen LogP contribution >= 0.6 is 0 Å². The third-order valence-electron chi connectivity index (χ3n) is 6.15. The first kappa shape index (κ1) is 15.7. The number of aromatic amines is 1. The lowest BCUT2D eigenvalue weighted by Crippen LogP contribution is -2.52. The van der Waals surface area contributed by atoms with Gasteiger partial charge in [0.1, 0.15) is 0 Å². The number of hydrogen-bond acceptors (Lipinski definition) is 2. The normalized spacial score (nSPS) is 26.4. The molecular weight excluding hydrogens is 298 g/mol. The van der Waals surface area contributed by atoms with Gasteiger partial charge in [-0.15, -0.1) is 0 Å². The number of benzene rings is 1. The van der Waals surface area contributed by atoms with Crippen LogP contribution in [0.1, 0.15) is 37.3 Å². The molecule has 1 amide bonds. The van der Waals surface area contributed by atoms with Crippen molar-refractivity contribution in [3.05, 3.63) is 35.5 Å². The number of aromatic nitrogens is 1. The molecule has 1 N–H and O–H groups in total. The highest BCUT2D eigenvalue weighted by molar-refractivity contribution is 5.88. The molecule has 1 aromatic heterocycles. The molecule has 1 aliphatic heterocycles. The Hall–Kier alpha value is -1.81. The number of nitrogens with zero attached hydrogens (tertiary/aromatic N) is 2. The smallest absolute Gasteiger partial charge is 0.226 e. The molecule has 0 saturated carbocycles. The maximum absolute atomic E-state index is 12.9. The summed E-state index contributed by atoms with van der Waals surface area (Å²) in [7, 11) is 2.19. The molecule has 1 saturated heterocycles. The molecule has 1 fully saturated rings. The molecule has 4 rings (SSSR count). The Morgan fingerprint density at radius 3 is 2.88 bits per heavy atom. The van der Waals surface area contributed by atoms with Crippen LogP contribution in [0.4, 0.5) is 0 Å². The van der Waals surface area contributed by atoms with E-state index in [0.717, 1.165) is 32.5 Å². The van der Waals surface area contributed by atoms with E-state index in [1.807, 2.05) is 4.90 Å². The van der Waals surface area contributed by atoms with Crippen molar-refractivity contribution < 1.29 is 4.79 Å². The van der Waals surface area contributed by atoms with Crippen LogP contribution in [0, 0.1) is 5.92 Å². The fraction of sp³-hybridized carbons (Fsp3) is 0.550. The third kappa shape index (κ3) is 2.27. The van der Waals surface area contributed by atoms with Gasteiger partial charge in [0.15, 0.2) is 0 Å². The molecule has 24 heavy (non-hydrogen) atoms. The number of amides is 1. The summed E-state index contributed by atoms with van der Waals surface area (Å²) in [5, 5.41) is 1.41. The van der Waals surface area contributed by atoms with Crippen molar-refractivity contribution in [1.82, 2.24) is 14.8 Å². The second-order valence-electron chi connectivity index (χ2n) is 7.34. The van der Waals surface area contributed by atoms with Crippen molar-refractivity contribution in [2.45, 2.75) is 38.6 Å². The number of piperidine rings is 1. The largest absolute Gasteiger partial charge is 0.361 e. The molecule has 0 spiro atoms. The van der Waals surface area contributed by atoms with Gasteiger partial charge in [-0.05, 0) is 50.9 Å². The number of nitrogens with one attached hydrogen (secondary N) is 1. The molecule has 128 valence electrons. The van der Waals surface area contributed by atoms with Gasteiger partial charge in [-0.2, -0.15) is 0 Å². The van der Waals surface area contributed by atoms with Crippen LogP contribution in [0.25, 0.3) is 10.9 Å². The van der Waals surface area contributed by atoms with Gasteiger partial charge in [0.25, 0.3) is 0 Å². The zero-order valence-electron chi connectivity index (χ0n) is 14.9. The minimum absolute atomic E-state index is 0.117. The Morgan fingerprint density at radius 1 is 1.33 bits per heavy atom. The Balaban J connectivity index is 1.70. The summed E-state index contributed by atoms with van der Waals surface area (Å²) >= 11 is 0. The van der Waals surface area contributed by atoms with E-state index in [9.17, 15) is 4.79 Å². The maximum atomic E-state index is 12.9. The number of likely N-dealkylation sites (tertiary alicyclic amines) is 1. The van der Waals surface area contributed by atoms with Gasteiger partial charge in [-0.1, -0.05) is 12.1 Å². The Labute approximate surface area is 143 Å². The predicted octanol–water partition coefficient (Wildman–Crippen LogP) is 3.00. The minimum Gasteiger partial charge on any atom is -0.361 e. The molecule has 0 radical (unpaired) electrons. The first-order valence-electron chi connectivity index (χ1n) is 9.21. The van der Waals surface area contributed by atoms with Gasteiger partial charge < -0.3 is 14.8 Å². The van der Waals surface area contributed by atoms with Crippen LogP contribution in [-0.2, 0) is 11.2 Å². The van der Waals surface area contributed by atoms with Gasteiger partial charge in [0.05, 0.1) is 5.92 Å². The fourth-order valence-electron chi connectivity index (χ4n) is 4.91. The summed E-state index contributed by atoms with van der Waals surface area (Å²) in [5.74, 6) is 0.907. The second-order valence-corrected chi connectivity index (χ2v) is 7.34. The molecule has 2 heterocycles. The molecular formula is C20H27N3O. The molecule has 1 aromatic carbocycles. The van der Waals surface area contributed by atoms with E-state index in [2.05, 4.69) is 55.2 Å². The third-order valence-corrected chi connectivity index (χ3v) is 6.15. The summed E-state index contributed by atoms with van der Waals surface area (Å²) in [6.07, 6.45) is 4.24. The van der Waals surface area contributed by atoms with Crippen LogP contribution in [-0.4, -0.2) is 53.4 Å². The highest BCUT2D eigenvalue weighted by Crippen LogP contribution is 2.44. The molecule has 4 nitrogen and oxygen atoms in total. The van der Waals surface area contributed by atoms with E-state index < -0.39 is 0 Å². The summed E-state index contributed by atoms with van der Waals surface area (Å²) in [6, 6.07) is 7.10. The standard InChI is InChI=1S/C20H27N3O/c1-4-23(5-2)20(24)14-9-16-15-7-6-8-17-19(15)13(11-21-17)10-18(16)22(3)12-14/h6-8,11,14,16,18,21H,4-5,9-10,12H2,1-3H3/t14-,16?,18-/m1/s1. The fourth-order valence-corrected chi connectivity index (χ4v) is 4.91. The van der Waals surface area contributed by atoms with E-state index >= 15 is 0 Å². The van der Waals surface area contributed by atoms with E-state index in [0.29, 0.717) is 17.9 Å². The van der Waals surface area contributed by atoms with Crippen LogP contribution in [0.2, 0.25) is 0 Å². The average molecular weight is 325 g/mol. The van der Waals surface area contributed by atoms with Crippen LogP contribution in [0.3, 0.4) is 0 Å². The van der Waals surface area contributed by atoms with Gasteiger partial charge >= 0.3 is 0 Å². The van der Waals surface area contributed by atoms with Crippen molar-refractivity contribution in [2.24, 2.45) is 5.92 Å². The van der Waals surface area contributed by atoms with Gasteiger partial charge in [-0.25, -0.2) is 0 Å². The second kappa shape index (κ2) is 5.92. The Bertz CT molecular complexity index is 761. The van der Waals surface area contributed by atoms with E-state index in [-0.39, 0.29) is 5.92 Å². The van der Waals surface area contributed by atoms with Gasteiger partial charge in [0, 0.05) is 48.7 Å². The number of carbonyl (C=O) groups excluding carboxylic acids is 1. The van der Waals surface area contributed by atoms with Crippen LogP contribution < -0.4 is 0 Å². The number of H-pyrrole nitrogens is 1. The Kier molecular flexibility index (Phi) is 3.87. The van der Waals surface area contributed by atoms with Crippen LogP contribution in [0.5, 0.6) is 0 Å². The lowest BCUT2D eigenvalue weighted by atomic mass is 9.72. The Morgan fingerprint density at radius 2 is 2.12 bits per heavy atom. The van der Waals surface area contributed by atoms with Crippen molar-refractivity contribution >= 4 is 16.8 Å². The number of fused-ring (bicyclic) bond motifs is 2.